The van der Waals surface area contributed by atoms with Crippen molar-refractivity contribution in [1.82, 2.24) is 10.3 Å². The second kappa shape index (κ2) is 8.39. The Morgan fingerprint density at radius 1 is 1.15 bits per heavy atom. The molecule has 0 saturated heterocycles. The van der Waals surface area contributed by atoms with Crippen LogP contribution in [0.1, 0.15) is 43.5 Å². The number of aromatic amines is 1. The van der Waals surface area contributed by atoms with Crippen molar-refractivity contribution < 1.29 is 9.13 Å². The highest BCUT2D eigenvalue weighted by Crippen LogP contribution is 2.37. The van der Waals surface area contributed by atoms with Gasteiger partial charge in [-0.25, -0.2) is 4.39 Å². The highest BCUT2D eigenvalue weighted by Gasteiger charge is 2.22. The van der Waals surface area contributed by atoms with Gasteiger partial charge >= 0.3 is 0 Å². The fraction of sp³-hybridized carbons (Fsp3) is 0.238. The Hall–Kier alpha value is -2.30. The first-order valence-corrected chi connectivity index (χ1v) is 9.07. The largest absolute Gasteiger partial charge is 0.453 e. The van der Waals surface area contributed by atoms with E-state index < -0.39 is 5.82 Å². The standard InChI is InChI=1S/C21H22ClFN2O/c1-3-19(25-14(2)15-11-12-24-13-15)17-9-10-18(22)21(20(17)23)26-16-7-5-4-6-8-16/h4-14,19,24-25H,3H2,1-2H3/t14-,19-/m1/s1. The van der Waals surface area contributed by atoms with Crippen molar-refractivity contribution in [3.63, 3.8) is 0 Å². The average molecular weight is 373 g/mol. The summed E-state index contributed by atoms with van der Waals surface area (Å²) in [5.41, 5.74) is 1.67. The molecule has 1 heterocycles. The molecule has 5 heteroatoms. The Kier molecular flexibility index (Phi) is 5.96. The molecule has 1 aromatic heterocycles. The maximum atomic E-state index is 15.2. The molecule has 0 aliphatic heterocycles. The minimum Gasteiger partial charge on any atom is -0.453 e. The van der Waals surface area contributed by atoms with Crippen LogP contribution in [0.3, 0.4) is 0 Å². The Labute approximate surface area is 158 Å². The molecule has 136 valence electrons. The molecule has 0 saturated carbocycles. The third-order valence-corrected chi connectivity index (χ3v) is 4.70. The number of nitrogens with one attached hydrogen (secondary N) is 2. The van der Waals surface area contributed by atoms with Gasteiger partial charge < -0.3 is 15.0 Å². The van der Waals surface area contributed by atoms with Crippen LogP contribution in [0, 0.1) is 5.82 Å². The molecule has 0 aliphatic rings. The first-order valence-electron chi connectivity index (χ1n) is 8.69. The molecular formula is C21H22ClFN2O. The van der Waals surface area contributed by atoms with Gasteiger partial charge in [-0.1, -0.05) is 42.8 Å². The quantitative estimate of drug-likeness (QED) is 0.503. The lowest BCUT2D eigenvalue weighted by molar-refractivity contribution is 0.410. The SMILES string of the molecule is CC[C@@H](N[C@H](C)c1cc[nH]c1)c1ccc(Cl)c(Oc2ccccc2)c1F. The fourth-order valence-electron chi connectivity index (χ4n) is 2.95. The van der Waals surface area contributed by atoms with Crippen LogP contribution in [0.5, 0.6) is 11.5 Å². The van der Waals surface area contributed by atoms with Crippen LogP contribution in [0.4, 0.5) is 4.39 Å². The number of benzene rings is 2. The molecule has 0 radical (unpaired) electrons. The topological polar surface area (TPSA) is 37.0 Å². The maximum Gasteiger partial charge on any atom is 0.181 e. The minimum atomic E-state index is -0.429. The lowest BCUT2D eigenvalue weighted by Crippen LogP contribution is -2.25. The molecule has 0 amide bonds. The highest BCUT2D eigenvalue weighted by molar-refractivity contribution is 6.32. The van der Waals surface area contributed by atoms with Crippen LogP contribution in [0.2, 0.25) is 5.02 Å². The molecule has 3 nitrogen and oxygen atoms in total. The van der Waals surface area contributed by atoms with Gasteiger partial charge in [0.25, 0.3) is 0 Å². The smallest absolute Gasteiger partial charge is 0.181 e. The van der Waals surface area contributed by atoms with Crippen LogP contribution in [0.25, 0.3) is 0 Å². The number of hydrogen-bond donors (Lipinski definition) is 2. The van der Waals surface area contributed by atoms with Gasteiger partial charge in [-0.2, -0.15) is 0 Å². The summed E-state index contributed by atoms with van der Waals surface area (Å²) >= 11 is 6.20. The van der Waals surface area contributed by atoms with E-state index in [-0.39, 0.29) is 22.9 Å². The summed E-state index contributed by atoms with van der Waals surface area (Å²) < 4.78 is 20.9. The van der Waals surface area contributed by atoms with Gasteiger partial charge in [0, 0.05) is 30.0 Å². The molecule has 0 fully saturated rings. The van der Waals surface area contributed by atoms with E-state index >= 15 is 4.39 Å². The fourth-order valence-corrected chi connectivity index (χ4v) is 3.13. The molecule has 2 N–H and O–H groups in total. The number of hydrogen-bond acceptors (Lipinski definition) is 2. The second-order valence-corrected chi connectivity index (χ2v) is 6.60. The van der Waals surface area contributed by atoms with E-state index in [0.29, 0.717) is 11.3 Å². The monoisotopic (exact) mass is 372 g/mol. The molecule has 0 bridgehead atoms. The number of ether oxygens (including phenoxy) is 1. The van der Waals surface area contributed by atoms with Crippen molar-refractivity contribution in [2.75, 3.05) is 0 Å². The Bertz CT molecular complexity index is 837. The Morgan fingerprint density at radius 2 is 1.92 bits per heavy atom. The summed E-state index contributed by atoms with van der Waals surface area (Å²) in [4.78, 5) is 3.05. The number of H-pyrrole nitrogens is 1. The van der Waals surface area contributed by atoms with Gasteiger partial charge in [-0.3, -0.25) is 0 Å². The van der Waals surface area contributed by atoms with Gasteiger partial charge in [0.15, 0.2) is 11.6 Å². The van der Waals surface area contributed by atoms with E-state index in [1.165, 1.54) is 0 Å². The van der Waals surface area contributed by atoms with Gasteiger partial charge in [0.05, 0.1) is 5.02 Å². The minimum absolute atomic E-state index is 0.0601. The summed E-state index contributed by atoms with van der Waals surface area (Å²) in [5, 5.41) is 3.73. The second-order valence-electron chi connectivity index (χ2n) is 6.19. The van der Waals surface area contributed by atoms with Gasteiger partial charge in [-0.05, 0) is 43.2 Å². The lowest BCUT2D eigenvalue weighted by atomic mass is 10.0. The Morgan fingerprint density at radius 3 is 2.58 bits per heavy atom. The number of rotatable bonds is 7. The van der Waals surface area contributed by atoms with Crippen LogP contribution in [0.15, 0.2) is 60.9 Å². The predicted molar refractivity (Wildman–Crippen MR) is 103 cm³/mol. The van der Waals surface area contributed by atoms with Crippen LogP contribution >= 0.6 is 11.6 Å². The van der Waals surface area contributed by atoms with E-state index in [4.69, 9.17) is 16.3 Å². The zero-order chi connectivity index (χ0) is 18.5. The van der Waals surface area contributed by atoms with E-state index in [9.17, 15) is 0 Å². The van der Waals surface area contributed by atoms with Crippen LogP contribution in [-0.2, 0) is 0 Å². The lowest BCUT2D eigenvalue weighted by Gasteiger charge is -2.24. The average Bonchev–Trinajstić information content (AvgIpc) is 3.19. The normalized spacial score (nSPS) is 13.4. The molecule has 0 aliphatic carbocycles. The highest BCUT2D eigenvalue weighted by atomic mass is 35.5. The summed E-state index contributed by atoms with van der Waals surface area (Å²) in [7, 11) is 0. The van der Waals surface area contributed by atoms with Crippen molar-refractivity contribution in [3.05, 3.63) is 82.9 Å². The van der Waals surface area contributed by atoms with Crippen LogP contribution < -0.4 is 10.1 Å². The van der Waals surface area contributed by atoms with Gasteiger partial charge in [0.1, 0.15) is 5.75 Å². The van der Waals surface area contributed by atoms with Crippen molar-refractivity contribution in [2.24, 2.45) is 0 Å². The molecular weight excluding hydrogens is 351 g/mol. The molecule has 2 atom stereocenters. The number of halogens is 2. The summed E-state index contributed by atoms with van der Waals surface area (Å²) in [6.07, 6.45) is 4.55. The van der Waals surface area contributed by atoms with Gasteiger partial charge in [-0.15, -0.1) is 0 Å². The van der Waals surface area contributed by atoms with Gasteiger partial charge in [0.2, 0.25) is 0 Å². The predicted octanol–water partition coefficient (Wildman–Crippen LogP) is 6.40. The van der Waals surface area contributed by atoms with E-state index in [0.717, 1.165) is 12.0 Å². The third kappa shape index (κ3) is 4.09. The van der Waals surface area contributed by atoms with Crippen molar-refractivity contribution in [2.45, 2.75) is 32.4 Å². The maximum absolute atomic E-state index is 15.2. The molecule has 2 aromatic carbocycles. The van der Waals surface area contributed by atoms with E-state index in [2.05, 4.69) is 17.2 Å². The zero-order valence-electron chi connectivity index (χ0n) is 14.8. The molecule has 0 spiro atoms. The number of aromatic nitrogens is 1. The zero-order valence-corrected chi connectivity index (χ0v) is 15.6. The summed E-state index contributed by atoms with van der Waals surface area (Å²) in [6.45, 7) is 4.08. The molecule has 3 aromatic rings. The summed E-state index contributed by atoms with van der Waals surface area (Å²) in [6, 6.07) is 14.4. The molecule has 26 heavy (non-hydrogen) atoms. The van der Waals surface area contributed by atoms with Crippen molar-refractivity contribution >= 4 is 11.6 Å². The molecule has 0 unspecified atom stereocenters. The van der Waals surface area contributed by atoms with Crippen LogP contribution in [-0.4, -0.2) is 4.98 Å². The Balaban J connectivity index is 1.87. The van der Waals surface area contributed by atoms with Crippen molar-refractivity contribution in [3.8, 4) is 11.5 Å². The van der Waals surface area contributed by atoms with E-state index in [1.54, 1.807) is 24.3 Å². The third-order valence-electron chi connectivity index (χ3n) is 4.40. The first-order chi connectivity index (χ1) is 12.6. The van der Waals surface area contributed by atoms with Crippen molar-refractivity contribution in [1.29, 1.82) is 0 Å². The first kappa shape index (κ1) is 18.5. The summed E-state index contributed by atoms with van der Waals surface area (Å²) in [5.74, 6) is 0.180. The van der Waals surface area contributed by atoms with E-state index in [1.807, 2.05) is 43.6 Å². The number of para-hydroxylation sites is 1. The molecule has 3 rings (SSSR count).